The third kappa shape index (κ3) is 5.76. The summed E-state index contributed by atoms with van der Waals surface area (Å²) in [7, 11) is -3.47. The van der Waals surface area contributed by atoms with E-state index in [9.17, 15) is 13.2 Å². The minimum Gasteiger partial charge on any atom is -0.354 e. The molecule has 7 heteroatoms. The van der Waals surface area contributed by atoms with Crippen LogP contribution in [0.1, 0.15) is 18.4 Å². The quantitative estimate of drug-likeness (QED) is 0.750. The largest absolute Gasteiger partial charge is 0.354 e. The lowest BCUT2D eigenvalue weighted by atomic mass is 10.2. The number of nitrogens with two attached hydrogens (primary N) is 1. The average Bonchev–Trinajstić information content (AvgIpc) is 3.22. The van der Waals surface area contributed by atoms with E-state index in [1.54, 1.807) is 24.3 Å². The number of rotatable bonds is 7. The maximum atomic E-state index is 12.0. The number of carbonyl (C=O) groups is 1. The van der Waals surface area contributed by atoms with Gasteiger partial charge in [-0.05, 0) is 36.5 Å². The van der Waals surface area contributed by atoms with Crippen LogP contribution in [0.4, 0.5) is 0 Å². The van der Waals surface area contributed by atoms with Crippen molar-refractivity contribution in [3.05, 3.63) is 34.3 Å². The van der Waals surface area contributed by atoms with Gasteiger partial charge in [0.1, 0.15) is 5.75 Å². The lowest BCUT2D eigenvalue weighted by Crippen LogP contribution is -2.40. The maximum Gasteiger partial charge on any atom is 0.235 e. The summed E-state index contributed by atoms with van der Waals surface area (Å²) < 4.78 is 24.8. The van der Waals surface area contributed by atoms with Gasteiger partial charge in [0.05, 0.1) is 5.75 Å². The second-order valence-corrected chi connectivity index (χ2v) is 8.44. The molecule has 3 N–H and O–H groups in total. The topological polar surface area (TPSA) is 89.3 Å². The lowest BCUT2D eigenvalue weighted by molar-refractivity contribution is -0.118. The van der Waals surface area contributed by atoms with E-state index in [1.165, 1.54) is 0 Å². The highest BCUT2D eigenvalue weighted by Crippen LogP contribution is 2.31. The number of amides is 1. The van der Waals surface area contributed by atoms with Crippen LogP contribution in [0.5, 0.6) is 0 Å². The van der Waals surface area contributed by atoms with E-state index in [4.69, 9.17) is 5.73 Å². The highest BCUT2D eigenvalue weighted by molar-refractivity contribution is 9.10. The van der Waals surface area contributed by atoms with Crippen molar-refractivity contribution in [2.75, 3.05) is 12.3 Å². The zero-order chi connectivity index (χ0) is 15.5. The highest BCUT2D eigenvalue weighted by Gasteiger charge is 2.28. The van der Waals surface area contributed by atoms with Crippen molar-refractivity contribution in [3.8, 4) is 0 Å². The van der Waals surface area contributed by atoms with Gasteiger partial charge in [-0.2, -0.15) is 0 Å². The molecule has 0 heterocycles. The Bertz CT molecular complexity index is 597. The zero-order valence-electron chi connectivity index (χ0n) is 11.6. The first kappa shape index (κ1) is 16.5. The SMILES string of the molecule is NC(CNC(=O)CS(=O)(=O)Cc1ccc(Br)cc1)C1CC1. The van der Waals surface area contributed by atoms with Crippen molar-refractivity contribution in [2.45, 2.75) is 24.6 Å². The van der Waals surface area contributed by atoms with Crippen molar-refractivity contribution in [1.29, 1.82) is 0 Å². The van der Waals surface area contributed by atoms with E-state index in [0.29, 0.717) is 18.0 Å². The molecule has 0 bridgehead atoms. The van der Waals surface area contributed by atoms with Crippen LogP contribution in [0, 0.1) is 5.92 Å². The molecule has 0 aromatic heterocycles. The smallest absolute Gasteiger partial charge is 0.235 e. The molecule has 116 valence electrons. The molecule has 1 aromatic rings. The Balaban J connectivity index is 1.81. The first-order valence-corrected chi connectivity index (χ1v) is 9.44. The van der Waals surface area contributed by atoms with Crippen LogP contribution in [0.3, 0.4) is 0 Å². The van der Waals surface area contributed by atoms with Crippen LogP contribution >= 0.6 is 15.9 Å². The van der Waals surface area contributed by atoms with Gasteiger partial charge in [0, 0.05) is 17.1 Å². The Labute approximate surface area is 133 Å². The van der Waals surface area contributed by atoms with E-state index in [-0.39, 0.29) is 11.8 Å². The van der Waals surface area contributed by atoms with Gasteiger partial charge in [-0.25, -0.2) is 8.42 Å². The molecule has 1 fully saturated rings. The Morgan fingerprint density at radius 1 is 1.33 bits per heavy atom. The van der Waals surface area contributed by atoms with Crippen LogP contribution in [0.15, 0.2) is 28.7 Å². The minimum absolute atomic E-state index is 0.0665. The number of carbonyl (C=O) groups excluding carboxylic acids is 1. The van der Waals surface area contributed by atoms with Crippen LogP contribution in [-0.2, 0) is 20.4 Å². The molecule has 0 aliphatic heterocycles. The normalized spacial score (nSPS) is 16.5. The molecule has 1 saturated carbocycles. The van der Waals surface area contributed by atoms with E-state index in [1.807, 2.05) is 0 Å². The van der Waals surface area contributed by atoms with Crippen LogP contribution in [-0.4, -0.2) is 32.7 Å². The first-order valence-electron chi connectivity index (χ1n) is 6.83. The standard InChI is InChI=1S/C14H19BrN2O3S/c15-12-5-1-10(2-6-12)8-21(19,20)9-14(18)17-7-13(16)11-3-4-11/h1-2,5-6,11,13H,3-4,7-9,16H2,(H,17,18). The summed E-state index contributed by atoms with van der Waals surface area (Å²) in [6, 6.07) is 6.94. The van der Waals surface area contributed by atoms with Crippen molar-refractivity contribution >= 4 is 31.7 Å². The van der Waals surface area contributed by atoms with Gasteiger partial charge in [-0.3, -0.25) is 4.79 Å². The fourth-order valence-corrected chi connectivity index (χ4v) is 3.63. The first-order chi connectivity index (χ1) is 9.85. The molecule has 1 aliphatic rings. The Morgan fingerprint density at radius 3 is 2.52 bits per heavy atom. The summed E-state index contributed by atoms with van der Waals surface area (Å²) in [6.07, 6.45) is 2.19. The predicted octanol–water partition coefficient (Wildman–Crippen LogP) is 1.22. The van der Waals surface area contributed by atoms with Gasteiger partial charge in [0.25, 0.3) is 0 Å². The van der Waals surface area contributed by atoms with E-state index >= 15 is 0 Å². The summed E-state index contributed by atoms with van der Waals surface area (Å²) in [5.41, 5.74) is 6.53. The molecule has 1 aromatic carbocycles. The summed E-state index contributed by atoms with van der Waals surface area (Å²) in [6.45, 7) is 0.345. The van der Waals surface area contributed by atoms with Crippen molar-refractivity contribution in [2.24, 2.45) is 11.7 Å². The fraction of sp³-hybridized carbons (Fsp3) is 0.500. The van der Waals surface area contributed by atoms with Gasteiger partial charge in [0.15, 0.2) is 9.84 Å². The lowest BCUT2D eigenvalue weighted by Gasteiger charge is -2.11. The summed E-state index contributed by atoms with van der Waals surface area (Å²) >= 11 is 3.29. The number of sulfone groups is 1. The zero-order valence-corrected chi connectivity index (χ0v) is 14.0. The van der Waals surface area contributed by atoms with E-state index < -0.39 is 21.5 Å². The number of hydrogen-bond acceptors (Lipinski definition) is 4. The molecule has 2 rings (SSSR count). The molecule has 21 heavy (non-hydrogen) atoms. The Hall–Kier alpha value is -0.920. The molecule has 1 unspecified atom stereocenters. The molecule has 1 atom stereocenters. The van der Waals surface area contributed by atoms with E-state index in [2.05, 4.69) is 21.2 Å². The van der Waals surface area contributed by atoms with Gasteiger partial charge in [-0.1, -0.05) is 28.1 Å². The third-order valence-electron chi connectivity index (χ3n) is 3.41. The van der Waals surface area contributed by atoms with Gasteiger partial charge in [-0.15, -0.1) is 0 Å². The molecule has 5 nitrogen and oxygen atoms in total. The second kappa shape index (κ2) is 6.89. The van der Waals surface area contributed by atoms with Gasteiger partial charge < -0.3 is 11.1 Å². The van der Waals surface area contributed by atoms with Crippen LogP contribution in [0.2, 0.25) is 0 Å². The summed E-state index contributed by atoms with van der Waals surface area (Å²) in [5.74, 6) is -0.643. The average molecular weight is 375 g/mol. The Morgan fingerprint density at radius 2 is 1.95 bits per heavy atom. The number of halogens is 1. The predicted molar refractivity (Wildman–Crippen MR) is 85.3 cm³/mol. The molecular formula is C14H19BrN2O3S. The number of hydrogen-bond donors (Lipinski definition) is 2. The number of nitrogens with one attached hydrogen (secondary N) is 1. The fourth-order valence-electron chi connectivity index (χ4n) is 2.06. The number of benzene rings is 1. The molecule has 0 saturated heterocycles. The highest BCUT2D eigenvalue weighted by atomic mass is 79.9. The second-order valence-electron chi connectivity index (χ2n) is 5.46. The monoisotopic (exact) mass is 374 g/mol. The van der Waals surface area contributed by atoms with Crippen molar-refractivity contribution in [1.82, 2.24) is 5.32 Å². The molecular weight excluding hydrogens is 356 g/mol. The third-order valence-corrected chi connectivity index (χ3v) is 5.42. The summed E-state index contributed by atoms with van der Waals surface area (Å²) in [4.78, 5) is 11.7. The van der Waals surface area contributed by atoms with Crippen LogP contribution < -0.4 is 11.1 Å². The van der Waals surface area contributed by atoms with Crippen molar-refractivity contribution in [3.63, 3.8) is 0 Å². The van der Waals surface area contributed by atoms with Gasteiger partial charge in [0.2, 0.25) is 5.91 Å². The maximum absolute atomic E-state index is 12.0. The van der Waals surface area contributed by atoms with Crippen molar-refractivity contribution < 1.29 is 13.2 Å². The summed E-state index contributed by atoms with van der Waals surface area (Å²) in [5, 5.41) is 2.60. The Kier molecular flexibility index (Phi) is 5.40. The van der Waals surface area contributed by atoms with Gasteiger partial charge >= 0.3 is 0 Å². The van der Waals surface area contributed by atoms with Crippen LogP contribution in [0.25, 0.3) is 0 Å². The molecule has 0 spiro atoms. The molecule has 1 aliphatic carbocycles. The molecule has 1 amide bonds. The molecule has 0 radical (unpaired) electrons. The minimum atomic E-state index is -3.47. The van der Waals surface area contributed by atoms with E-state index in [0.717, 1.165) is 17.3 Å².